The first-order chi connectivity index (χ1) is 10.4. The lowest BCUT2D eigenvalue weighted by Gasteiger charge is -2.41. The van der Waals surface area contributed by atoms with E-state index in [9.17, 15) is 4.79 Å². The van der Waals surface area contributed by atoms with E-state index >= 15 is 0 Å². The molecule has 1 amide bonds. The van der Waals surface area contributed by atoms with Gasteiger partial charge in [0.25, 0.3) is 0 Å². The number of carbonyl (C=O) groups is 1. The number of nitrogens with zero attached hydrogens (tertiary/aromatic N) is 3. The highest BCUT2D eigenvalue weighted by Crippen LogP contribution is 2.35. The van der Waals surface area contributed by atoms with Crippen molar-refractivity contribution in [3.63, 3.8) is 0 Å². The van der Waals surface area contributed by atoms with Gasteiger partial charge in [0, 0.05) is 6.92 Å². The van der Waals surface area contributed by atoms with Crippen LogP contribution in [0.5, 0.6) is 5.75 Å². The number of aromatic nitrogens is 2. The van der Waals surface area contributed by atoms with E-state index in [0.717, 1.165) is 12.0 Å². The molecule has 0 radical (unpaired) electrons. The fourth-order valence-corrected chi connectivity index (χ4v) is 3.10. The minimum Gasteiger partial charge on any atom is -0.493 e. The van der Waals surface area contributed by atoms with Crippen LogP contribution in [-0.4, -0.2) is 38.6 Å². The standard InChI is InChI=1S/C16H22ClN3O2/c1-5-13-7-6-8-16(3,17)15(13)20(12(2)21)11-19-10-14(22-4)9-18-19/h6-10,15H,5,11H2,1-4H3. The molecule has 0 fully saturated rings. The van der Waals surface area contributed by atoms with E-state index in [1.54, 1.807) is 36.0 Å². The van der Waals surface area contributed by atoms with Gasteiger partial charge >= 0.3 is 0 Å². The van der Waals surface area contributed by atoms with Crippen molar-refractivity contribution in [2.45, 2.75) is 44.8 Å². The summed E-state index contributed by atoms with van der Waals surface area (Å²) in [5, 5.41) is 4.22. The number of alkyl halides is 1. The topological polar surface area (TPSA) is 47.4 Å². The van der Waals surface area contributed by atoms with Crippen molar-refractivity contribution in [3.05, 3.63) is 36.2 Å². The molecular formula is C16H22ClN3O2. The average Bonchev–Trinajstić information content (AvgIpc) is 2.91. The molecule has 1 aromatic rings. The summed E-state index contributed by atoms with van der Waals surface area (Å²) in [6, 6.07) is -0.197. The molecule has 22 heavy (non-hydrogen) atoms. The molecule has 2 unspecified atom stereocenters. The highest BCUT2D eigenvalue weighted by atomic mass is 35.5. The van der Waals surface area contributed by atoms with Crippen LogP contribution in [0.1, 0.15) is 27.2 Å². The normalized spacial score (nSPS) is 24.0. The maximum atomic E-state index is 12.2. The van der Waals surface area contributed by atoms with Crippen LogP contribution in [-0.2, 0) is 11.5 Å². The Labute approximate surface area is 136 Å². The van der Waals surface area contributed by atoms with Gasteiger partial charge in [-0.15, -0.1) is 11.6 Å². The molecule has 0 spiro atoms. The predicted molar refractivity (Wildman–Crippen MR) is 86.9 cm³/mol. The van der Waals surface area contributed by atoms with E-state index < -0.39 is 4.87 Å². The molecular weight excluding hydrogens is 302 g/mol. The average molecular weight is 324 g/mol. The molecule has 2 rings (SSSR count). The highest BCUT2D eigenvalue weighted by Gasteiger charge is 2.39. The lowest BCUT2D eigenvalue weighted by Crippen LogP contribution is -2.51. The summed E-state index contributed by atoms with van der Waals surface area (Å²) >= 11 is 6.67. The van der Waals surface area contributed by atoms with E-state index in [1.807, 2.05) is 25.2 Å². The van der Waals surface area contributed by atoms with Gasteiger partial charge in [-0.1, -0.05) is 25.2 Å². The SMILES string of the molecule is CCC1=CC=CC(C)(Cl)C1N(Cn1cc(OC)cn1)C(C)=O. The van der Waals surface area contributed by atoms with Crippen LogP contribution in [0.4, 0.5) is 0 Å². The molecule has 0 aromatic carbocycles. The van der Waals surface area contributed by atoms with Crippen LogP contribution in [0.15, 0.2) is 36.2 Å². The number of hydrogen-bond donors (Lipinski definition) is 0. The Morgan fingerprint density at radius 3 is 2.86 bits per heavy atom. The first-order valence-corrected chi connectivity index (χ1v) is 7.67. The number of halogens is 1. The molecule has 1 heterocycles. The van der Waals surface area contributed by atoms with Crippen molar-refractivity contribution in [2.75, 3.05) is 7.11 Å². The van der Waals surface area contributed by atoms with Crippen LogP contribution in [0.3, 0.4) is 0 Å². The Kier molecular flexibility index (Phi) is 4.96. The maximum absolute atomic E-state index is 12.2. The highest BCUT2D eigenvalue weighted by molar-refractivity contribution is 6.26. The van der Waals surface area contributed by atoms with E-state index in [-0.39, 0.29) is 11.9 Å². The summed E-state index contributed by atoms with van der Waals surface area (Å²) in [5.74, 6) is 0.618. The van der Waals surface area contributed by atoms with Gasteiger partial charge in [0.15, 0.2) is 5.75 Å². The molecule has 1 aliphatic rings. The van der Waals surface area contributed by atoms with Crippen molar-refractivity contribution in [3.8, 4) is 5.75 Å². The summed E-state index contributed by atoms with van der Waals surface area (Å²) in [6.07, 6.45) is 10.1. The molecule has 0 N–H and O–H groups in total. The van der Waals surface area contributed by atoms with Crippen molar-refractivity contribution in [1.82, 2.24) is 14.7 Å². The van der Waals surface area contributed by atoms with Crippen molar-refractivity contribution in [2.24, 2.45) is 0 Å². The van der Waals surface area contributed by atoms with Gasteiger partial charge in [0.2, 0.25) is 5.91 Å². The van der Waals surface area contributed by atoms with Gasteiger partial charge in [0.05, 0.1) is 30.4 Å². The van der Waals surface area contributed by atoms with Crippen molar-refractivity contribution >= 4 is 17.5 Å². The number of methoxy groups -OCH3 is 1. The monoisotopic (exact) mass is 323 g/mol. The number of hydrogen-bond acceptors (Lipinski definition) is 3. The molecule has 1 aromatic heterocycles. The van der Waals surface area contributed by atoms with Gasteiger partial charge in [0.1, 0.15) is 6.67 Å². The summed E-state index contributed by atoms with van der Waals surface area (Å²) in [5.41, 5.74) is 1.13. The van der Waals surface area contributed by atoms with Crippen LogP contribution in [0.25, 0.3) is 0 Å². The quantitative estimate of drug-likeness (QED) is 0.783. The van der Waals surface area contributed by atoms with Gasteiger partial charge in [-0.3, -0.25) is 4.79 Å². The number of rotatable bonds is 5. The Bertz CT molecular complexity index is 604. The van der Waals surface area contributed by atoms with E-state index in [0.29, 0.717) is 12.4 Å². The third-order valence-electron chi connectivity index (χ3n) is 3.89. The molecule has 0 saturated heterocycles. The second-order valence-electron chi connectivity index (χ2n) is 5.56. The van der Waals surface area contributed by atoms with Crippen molar-refractivity contribution in [1.29, 1.82) is 0 Å². The zero-order chi connectivity index (χ0) is 16.3. The minimum absolute atomic E-state index is 0.0407. The molecule has 0 aliphatic heterocycles. The first kappa shape index (κ1) is 16.6. The van der Waals surface area contributed by atoms with Gasteiger partial charge in [-0.25, -0.2) is 4.68 Å². The fourth-order valence-electron chi connectivity index (χ4n) is 2.77. The Hall–Kier alpha value is -1.75. The van der Waals surface area contributed by atoms with Gasteiger partial charge in [-0.2, -0.15) is 5.10 Å². The first-order valence-electron chi connectivity index (χ1n) is 7.30. The Balaban J connectivity index is 2.31. The second kappa shape index (κ2) is 6.57. The zero-order valence-electron chi connectivity index (χ0n) is 13.4. The largest absolute Gasteiger partial charge is 0.493 e. The minimum atomic E-state index is -0.636. The van der Waals surface area contributed by atoms with E-state index in [4.69, 9.17) is 16.3 Å². The molecule has 2 atom stereocenters. The predicted octanol–water partition coefficient (Wildman–Crippen LogP) is 2.97. The molecule has 6 heteroatoms. The number of amides is 1. The lowest BCUT2D eigenvalue weighted by atomic mass is 9.86. The number of carbonyl (C=O) groups excluding carboxylic acids is 1. The van der Waals surface area contributed by atoms with Crippen LogP contribution in [0, 0.1) is 0 Å². The third kappa shape index (κ3) is 3.35. The maximum Gasteiger partial charge on any atom is 0.221 e. The zero-order valence-corrected chi connectivity index (χ0v) is 14.2. The smallest absolute Gasteiger partial charge is 0.221 e. The summed E-state index contributed by atoms with van der Waals surface area (Å²) in [6.45, 7) is 5.88. The number of allylic oxidation sites excluding steroid dienone is 2. The molecule has 0 bridgehead atoms. The number of ether oxygens (including phenoxy) is 1. The molecule has 0 saturated carbocycles. The third-order valence-corrected chi connectivity index (χ3v) is 4.22. The van der Waals surface area contributed by atoms with Crippen LogP contribution >= 0.6 is 11.6 Å². The Morgan fingerprint density at radius 2 is 2.32 bits per heavy atom. The van der Waals surface area contributed by atoms with E-state index in [1.165, 1.54) is 0 Å². The van der Waals surface area contributed by atoms with E-state index in [2.05, 4.69) is 12.0 Å². The fraction of sp³-hybridized carbons (Fsp3) is 0.500. The van der Waals surface area contributed by atoms with Crippen LogP contribution < -0.4 is 4.74 Å². The summed E-state index contributed by atoms with van der Waals surface area (Å²) in [4.78, 5) is 13.3. The van der Waals surface area contributed by atoms with Crippen LogP contribution in [0.2, 0.25) is 0 Å². The molecule has 120 valence electrons. The van der Waals surface area contributed by atoms with Gasteiger partial charge in [-0.05, 0) is 18.9 Å². The molecule has 5 nitrogen and oxygen atoms in total. The lowest BCUT2D eigenvalue weighted by molar-refractivity contribution is -0.133. The Morgan fingerprint density at radius 1 is 1.59 bits per heavy atom. The second-order valence-corrected chi connectivity index (χ2v) is 6.37. The van der Waals surface area contributed by atoms with Gasteiger partial charge < -0.3 is 9.64 Å². The summed E-state index contributed by atoms with van der Waals surface area (Å²) in [7, 11) is 1.59. The summed E-state index contributed by atoms with van der Waals surface area (Å²) < 4.78 is 6.81. The molecule has 1 aliphatic carbocycles. The van der Waals surface area contributed by atoms with Crippen molar-refractivity contribution < 1.29 is 9.53 Å².